The third-order valence-electron chi connectivity index (χ3n) is 3.44. The van der Waals surface area contributed by atoms with Crippen molar-refractivity contribution >= 4 is 11.3 Å². The van der Waals surface area contributed by atoms with Crippen molar-refractivity contribution in [1.82, 2.24) is 4.98 Å². The summed E-state index contributed by atoms with van der Waals surface area (Å²) in [4.78, 5) is 4.24. The molecule has 1 N–H and O–H groups in total. The van der Waals surface area contributed by atoms with Gasteiger partial charge in [0.25, 0.3) is 0 Å². The number of nitrogens with zero attached hydrogens (tertiary/aromatic N) is 1. The molecule has 1 heterocycles. The minimum absolute atomic E-state index is 0.767. The maximum atomic E-state index is 4.24. The van der Waals surface area contributed by atoms with Gasteiger partial charge in [0, 0.05) is 30.2 Å². The van der Waals surface area contributed by atoms with Gasteiger partial charge in [0.1, 0.15) is 0 Å². The van der Waals surface area contributed by atoms with Gasteiger partial charge >= 0.3 is 0 Å². The van der Waals surface area contributed by atoms with Crippen LogP contribution >= 0.6 is 0 Å². The Kier molecular flexibility index (Phi) is 4.63. The van der Waals surface area contributed by atoms with Crippen molar-refractivity contribution < 1.29 is 0 Å². The second-order valence-electron chi connectivity index (χ2n) is 4.97. The van der Waals surface area contributed by atoms with Crippen molar-refractivity contribution in [3.05, 3.63) is 102 Å². The molecule has 22 heavy (non-hydrogen) atoms. The van der Waals surface area contributed by atoms with Gasteiger partial charge in [0.15, 0.2) is 0 Å². The largest absolute Gasteiger partial charge is 0.382 e. The van der Waals surface area contributed by atoms with Crippen LogP contribution in [0.2, 0.25) is 0 Å². The van der Waals surface area contributed by atoms with Crippen LogP contribution < -0.4 is 5.32 Å². The van der Waals surface area contributed by atoms with Crippen molar-refractivity contribution in [2.24, 2.45) is 0 Å². The fourth-order valence-corrected chi connectivity index (χ4v) is 2.37. The lowest BCUT2D eigenvalue weighted by Crippen LogP contribution is -2.00. The Morgan fingerprint density at radius 1 is 0.818 bits per heavy atom. The van der Waals surface area contributed by atoms with Gasteiger partial charge in [-0.15, -0.1) is 0 Å². The summed E-state index contributed by atoms with van der Waals surface area (Å²) in [5.74, 6) is 0. The molecule has 3 aromatic rings. The summed E-state index contributed by atoms with van der Waals surface area (Å²) in [5.41, 5.74) is 4.64. The Bertz CT molecular complexity index is 678. The molecular formula is C20H18N2. The molecule has 0 atom stereocenters. The van der Waals surface area contributed by atoms with E-state index in [4.69, 9.17) is 0 Å². The summed E-state index contributed by atoms with van der Waals surface area (Å²) in [7, 11) is 0. The molecule has 2 nitrogen and oxygen atoms in total. The predicted molar refractivity (Wildman–Crippen MR) is 92.7 cm³/mol. The third-order valence-corrected chi connectivity index (χ3v) is 3.44. The van der Waals surface area contributed by atoms with Crippen LogP contribution in [0.15, 0.2) is 91.3 Å². The summed E-state index contributed by atoms with van der Waals surface area (Å²) < 4.78 is 0. The third kappa shape index (κ3) is 3.61. The molecule has 0 spiro atoms. The zero-order valence-electron chi connectivity index (χ0n) is 12.3. The summed E-state index contributed by atoms with van der Waals surface area (Å²) in [6.07, 6.45) is 5.91. The van der Waals surface area contributed by atoms with Gasteiger partial charge in [-0.3, -0.25) is 4.98 Å². The lowest BCUT2D eigenvalue weighted by Gasteiger charge is -2.09. The van der Waals surface area contributed by atoms with E-state index in [1.165, 1.54) is 11.1 Å². The van der Waals surface area contributed by atoms with E-state index in [9.17, 15) is 0 Å². The molecule has 0 saturated heterocycles. The Morgan fingerprint density at radius 3 is 2.18 bits per heavy atom. The summed E-state index contributed by atoms with van der Waals surface area (Å²) in [6.45, 7) is 0.767. The van der Waals surface area contributed by atoms with Crippen molar-refractivity contribution in [3.8, 4) is 0 Å². The van der Waals surface area contributed by atoms with Crippen molar-refractivity contribution in [2.45, 2.75) is 0 Å². The lowest BCUT2D eigenvalue weighted by atomic mass is 9.99. The molecule has 2 aromatic carbocycles. The molecule has 3 rings (SSSR count). The fraction of sp³-hybridized carbons (Fsp3) is 0.0500. The first-order valence-corrected chi connectivity index (χ1v) is 7.38. The average Bonchev–Trinajstić information content (AvgIpc) is 2.61. The molecule has 2 heteroatoms. The second-order valence-corrected chi connectivity index (χ2v) is 4.97. The molecule has 108 valence electrons. The smallest absolute Gasteiger partial charge is 0.0346 e. The summed E-state index contributed by atoms with van der Waals surface area (Å²) in [6, 6.07) is 24.7. The monoisotopic (exact) mass is 286 g/mol. The van der Waals surface area contributed by atoms with E-state index < -0.39 is 0 Å². The molecule has 0 aliphatic carbocycles. The molecule has 0 fully saturated rings. The first-order valence-electron chi connectivity index (χ1n) is 7.38. The van der Waals surface area contributed by atoms with E-state index in [-0.39, 0.29) is 0 Å². The average molecular weight is 286 g/mol. The molecule has 0 saturated carbocycles. The maximum Gasteiger partial charge on any atom is 0.0346 e. The van der Waals surface area contributed by atoms with E-state index in [1.807, 2.05) is 36.5 Å². The number of aromatic nitrogens is 1. The second kappa shape index (κ2) is 7.23. The number of para-hydroxylation sites is 1. The Labute approximate surface area is 131 Å². The van der Waals surface area contributed by atoms with Crippen LogP contribution in [-0.4, -0.2) is 11.5 Å². The van der Waals surface area contributed by atoms with Crippen LogP contribution in [-0.2, 0) is 0 Å². The zero-order chi connectivity index (χ0) is 15.0. The molecule has 0 aliphatic heterocycles. The van der Waals surface area contributed by atoms with Crippen LogP contribution in [0.4, 0.5) is 5.69 Å². The van der Waals surface area contributed by atoms with E-state index >= 15 is 0 Å². The topological polar surface area (TPSA) is 24.9 Å². The Morgan fingerprint density at radius 2 is 1.50 bits per heavy atom. The first-order chi connectivity index (χ1) is 10.9. The molecule has 0 radical (unpaired) electrons. The predicted octanol–water partition coefficient (Wildman–Crippen LogP) is 4.63. The summed E-state index contributed by atoms with van der Waals surface area (Å²) >= 11 is 0. The highest BCUT2D eigenvalue weighted by molar-refractivity contribution is 5.79. The van der Waals surface area contributed by atoms with Crippen molar-refractivity contribution in [3.63, 3.8) is 0 Å². The molecule has 0 aliphatic rings. The van der Waals surface area contributed by atoms with Gasteiger partial charge < -0.3 is 5.32 Å². The van der Waals surface area contributed by atoms with E-state index in [2.05, 4.69) is 58.8 Å². The van der Waals surface area contributed by atoms with E-state index in [1.54, 1.807) is 6.20 Å². The fourth-order valence-electron chi connectivity index (χ4n) is 2.37. The molecule has 0 bridgehead atoms. The SMILES string of the molecule is C(/CNc1ccccc1)=C(/c1ccccc1)c1cccnc1. The van der Waals surface area contributed by atoms with E-state index in [0.717, 1.165) is 17.8 Å². The minimum Gasteiger partial charge on any atom is -0.382 e. The number of rotatable bonds is 5. The Balaban J connectivity index is 1.84. The van der Waals surface area contributed by atoms with Crippen molar-refractivity contribution in [2.75, 3.05) is 11.9 Å². The lowest BCUT2D eigenvalue weighted by molar-refractivity contribution is 1.29. The van der Waals surface area contributed by atoms with Gasteiger partial charge in [-0.1, -0.05) is 60.7 Å². The standard InChI is InChI=1S/C20H18N2/c1-3-8-17(9-4-1)20(18-10-7-14-21-16-18)13-15-22-19-11-5-2-6-12-19/h1-14,16,22H,15H2/b20-13+. The molecule has 1 aromatic heterocycles. The highest BCUT2D eigenvalue weighted by Crippen LogP contribution is 2.22. The highest BCUT2D eigenvalue weighted by Gasteiger charge is 2.04. The van der Waals surface area contributed by atoms with Crippen molar-refractivity contribution in [1.29, 1.82) is 0 Å². The highest BCUT2D eigenvalue weighted by atomic mass is 14.8. The molecule has 0 unspecified atom stereocenters. The van der Waals surface area contributed by atoms with Crippen LogP contribution in [0.5, 0.6) is 0 Å². The summed E-state index contributed by atoms with van der Waals surface area (Å²) in [5, 5.41) is 3.42. The van der Waals surface area contributed by atoms with Crippen LogP contribution in [0, 0.1) is 0 Å². The number of benzene rings is 2. The normalized spacial score (nSPS) is 11.2. The number of pyridine rings is 1. The molecule has 0 amide bonds. The first kappa shape index (κ1) is 14.1. The number of hydrogen-bond acceptors (Lipinski definition) is 2. The van der Waals surface area contributed by atoms with Crippen LogP contribution in [0.25, 0.3) is 5.57 Å². The zero-order valence-corrected chi connectivity index (χ0v) is 12.3. The molecular weight excluding hydrogens is 268 g/mol. The number of nitrogens with one attached hydrogen (secondary N) is 1. The maximum absolute atomic E-state index is 4.24. The Hall–Kier alpha value is -2.87. The van der Waals surface area contributed by atoms with E-state index in [0.29, 0.717) is 0 Å². The van der Waals surface area contributed by atoms with Gasteiger partial charge in [0.05, 0.1) is 0 Å². The van der Waals surface area contributed by atoms with Crippen LogP contribution in [0.3, 0.4) is 0 Å². The minimum atomic E-state index is 0.767. The van der Waals surface area contributed by atoms with Gasteiger partial charge in [0.2, 0.25) is 0 Å². The van der Waals surface area contributed by atoms with Gasteiger partial charge in [-0.2, -0.15) is 0 Å². The number of hydrogen-bond donors (Lipinski definition) is 1. The van der Waals surface area contributed by atoms with Crippen LogP contribution in [0.1, 0.15) is 11.1 Å². The quantitative estimate of drug-likeness (QED) is 0.740. The number of anilines is 1. The van der Waals surface area contributed by atoms with Gasteiger partial charge in [-0.05, 0) is 29.3 Å². The van der Waals surface area contributed by atoms with Gasteiger partial charge in [-0.25, -0.2) is 0 Å².